The first-order valence-electron chi connectivity index (χ1n) is 8.91. The lowest BCUT2D eigenvalue weighted by Gasteiger charge is -2.20. The highest BCUT2D eigenvalue weighted by atomic mass is 35.5. The van der Waals surface area contributed by atoms with Crippen LogP contribution in [0.25, 0.3) is 0 Å². The van der Waals surface area contributed by atoms with E-state index in [0.717, 1.165) is 5.56 Å². The molecule has 0 radical (unpaired) electrons. The minimum Gasteiger partial charge on any atom is -0.289 e. The number of hydrogen-bond acceptors (Lipinski definition) is 4. The number of aryl methyl sites for hydroxylation is 1. The second-order valence-electron chi connectivity index (χ2n) is 6.62. The molecule has 0 spiro atoms. The number of alkyl halides is 1. The Hall–Kier alpha value is -2.96. The number of anilines is 1. The summed E-state index contributed by atoms with van der Waals surface area (Å²) >= 11 is 5.71. The Kier molecular flexibility index (Phi) is 4.98. The number of sulfonamides is 1. The molecule has 0 amide bonds. The molecule has 0 aromatic heterocycles. The van der Waals surface area contributed by atoms with Crippen LogP contribution < -0.4 is 4.72 Å². The zero-order valence-electron chi connectivity index (χ0n) is 15.2. The lowest BCUT2D eigenvalue weighted by Crippen LogP contribution is -2.24. The van der Waals surface area contributed by atoms with Gasteiger partial charge in [-0.25, -0.2) is 8.42 Å². The van der Waals surface area contributed by atoms with Crippen molar-refractivity contribution in [3.8, 4) is 0 Å². The summed E-state index contributed by atoms with van der Waals surface area (Å²) in [4.78, 5) is 25.9. The molecule has 1 N–H and O–H groups in total. The van der Waals surface area contributed by atoms with Gasteiger partial charge < -0.3 is 0 Å². The van der Waals surface area contributed by atoms with Gasteiger partial charge in [0.15, 0.2) is 11.6 Å². The maximum atomic E-state index is 13.0. The van der Waals surface area contributed by atoms with E-state index in [1.807, 2.05) is 0 Å². The third-order valence-electron chi connectivity index (χ3n) is 4.81. The summed E-state index contributed by atoms with van der Waals surface area (Å²) in [6, 6.07) is 17.5. The normalized spacial score (nSPS) is 13.0. The van der Waals surface area contributed by atoms with Crippen LogP contribution in [0.4, 0.5) is 5.69 Å². The number of rotatable bonds is 5. The average molecular weight is 426 g/mol. The van der Waals surface area contributed by atoms with Gasteiger partial charge in [-0.15, -0.1) is 11.6 Å². The third-order valence-corrected chi connectivity index (χ3v) is 6.38. The minimum absolute atomic E-state index is 0.0587. The number of nitrogens with one attached hydrogen (secondary N) is 1. The molecule has 0 atom stereocenters. The standard InChI is InChI=1S/C22H16ClNO4S/c23-13-12-14-8-10-15(11-9-14)29(27,28)24-19-7-3-6-18-20(19)22(26)17-5-2-1-4-16(17)21(18)25/h1-11,24H,12-13H2. The van der Waals surface area contributed by atoms with Gasteiger partial charge >= 0.3 is 0 Å². The van der Waals surface area contributed by atoms with E-state index in [9.17, 15) is 18.0 Å². The molecule has 0 saturated carbocycles. The van der Waals surface area contributed by atoms with Crippen molar-refractivity contribution in [2.75, 3.05) is 10.6 Å². The van der Waals surface area contributed by atoms with Crippen LogP contribution in [0.5, 0.6) is 0 Å². The van der Waals surface area contributed by atoms with Gasteiger partial charge in [0.2, 0.25) is 0 Å². The second kappa shape index (κ2) is 7.46. The van der Waals surface area contributed by atoms with Crippen molar-refractivity contribution in [2.45, 2.75) is 11.3 Å². The summed E-state index contributed by atoms with van der Waals surface area (Å²) in [6.45, 7) is 0. The van der Waals surface area contributed by atoms with Crippen molar-refractivity contribution in [1.82, 2.24) is 0 Å². The summed E-state index contributed by atoms with van der Waals surface area (Å²) in [6.07, 6.45) is 0.636. The van der Waals surface area contributed by atoms with E-state index in [1.165, 1.54) is 24.3 Å². The van der Waals surface area contributed by atoms with Crippen molar-refractivity contribution < 1.29 is 18.0 Å². The fourth-order valence-electron chi connectivity index (χ4n) is 3.38. The molecule has 0 unspecified atom stereocenters. The van der Waals surface area contributed by atoms with E-state index in [2.05, 4.69) is 4.72 Å². The van der Waals surface area contributed by atoms with E-state index in [4.69, 9.17) is 11.6 Å². The molecule has 1 aliphatic rings. The predicted octanol–water partition coefficient (Wildman–Crippen LogP) is 4.04. The molecule has 0 saturated heterocycles. The van der Waals surface area contributed by atoms with Crippen LogP contribution >= 0.6 is 11.6 Å². The second-order valence-corrected chi connectivity index (χ2v) is 8.68. The van der Waals surface area contributed by atoms with Crippen LogP contribution in [0.1, 0.15) is 37.4 Å². The Balaban J connectivity index is 1.74. The van der Waals surface area contributed by atoms with Crippen molar-refractivity contribution in [3.05, 3.63) is 94.5 Å². The number of carbonyl (C=O) groups excluding carboxylic acids is 2. The maximum absolute atomic E-state index is 13.0. The van der Waals surface area contributed by atoms with Gasteiger partial charge in [-0.05, 0) is 30.2 Å². The van der Waals surface area contributed by atoms with Crippen LogP contribution in [0.15, 0.2) is 71.6 Å². The van der Waals surface area contributed by atoms with Crippen molar-refractivity contribution in [1.29, 1.82) is 0 Å². The molecule has 3 aromatic carbocycles. The molecule has 5 nitrogen and oxygen atoms in total. The summed E-state index contributed by atoms with van der Waals surface area (Å²) in [5.41, 5.74) is 1.85. The highest BCUT2D eigenvalue weighted by Gasteiger charge is 2.32. The van der Waals surface area contributed by atoms with Crippen molar-refractivity contribution in [3.63, 3.8) is 0 Å². The first-order chi connectivity index (χ1) is 13.9. The molecule has 146 valence electrons. The fraction of sp³-hybridized carbons (Fsp3) is 0.0909. The molecule has 3 aromatic rings. The van der Waals surface area contributed by atoms with E-state index < -0.39 is 10.0 Å². The van der Waals surface area contributed by atoms with Crippen LogP contribution in [0, 0.1) is 0 Å². The van der Waals surface area contributed by atoms with Crippen LogP contribution in [0.3, 0.4) is 0 Å². The number of halogens is 1. The van der Waals surface area contributed by atoms with Gasteiger partial charge in [-0.2, -0.15) is 0 Å². The number of fused-ring (bicyclic) bond motifs is 2. The summed E-state index contributed by atoms with van der Waals surface area (Å²) < 4.78 is 28.2. The van der Waals surface area contributed by atoms with E-state index in [0.29, 0.717) is 17.9 Å². The Morgan fingerprint density at radius 2 is 1.38 bits per heavy atom. The molecule has 0 bridgehead atoms. The number of ketones is 2. The SMILES string of the molecule is O=C1c2ccccc2C(=O)c2c(NS(=O)(=O)c3ccc(CCCl)cc3)cccc21. The monoisotopic (exact) mass is 425 g/mol. The first-order valence-corrected chi connectivity index (χ1v) is 10.9. The topological polar surface area (TPSA) is 80.3 Å². The quantitative estimate of drug-likeness (QED) is 0.489. The fourth-order valence-corrected chi connectivity index (χ4v) is 4.67. The van der Waals surface area contributed by atoms with Crippen molar-refractivity contribution in [2.24, 2.45) is 0 Å². The molecule has 0 heterocycles. The number of hydrogen-bond donors (Lipinski definition) is 1. The largest absolute Gasteiger partial charge is 0.289 e. The molecule has 7 heteroatoms. The Morgan fingerprint density at radius 1 is 0.759 bits per heavy atom. The summed E-state index contributed by atoms with van der Waals surface area (Å²) in [5.74, 6) is -0.245. The zero-order chi connectivity index (χ0) is 20.6. The number of carbonyl (C=O) groups is 2. The Morgan fingerprint density at radius 3 is 2.03 bits per heavy atom. The predicted molar refractivity (Wildman–Crippen MR) is 111 cm³/mol. The summed E-state index contributed by atoms with van der Waals surface area (Å²) in [7, 11) is -3.94. The van der Waals surface area contributed by atoms with E-state index in [1.54, 1.807) is 42.5 Å². The zero-order valence-corrected chi connectivity index (χ0v) is 16.8. The van der Waals surface area contributed by atoms with Crippen LogP contribution in [-0.4, -0.2) is 25.9 Å². The van der Waals surface area contributed by atoms with Crippen LogP contribution in [0.2, 0.25) is 0 Å². The summed E-state index contributed by atoms with van der Waals surface area (Å²) in [5, 5.41) is 0. The van der Waals surface area contributed by atoms with Gasteiger partial charge in [-0.1, -0.05) is 48.5 Å². The molecule has 29 heavy (non-hydrogen) atoms. The highest BCUT2D eigenvalue weighted by Crippen LogP contribution is 2.33. The van der Waals surface area contributed by atoms with Gasteiger partial charge in [0.05, 0.1) is 16.1 Å². The lowest BCUT2D eigenvalue weighted by molar-refractivity contribution is 0.0979. The maximum Gasteiger partial charge on any atom is 0.261 e. The molecule has 1 aliphatic carbocycles. The Bertz CT molecular complexity index is 1230. The van der Waals surface area contributed by atoms with Gasteiger partial charge in [0.1, 0.15) is 0 Å². The molecular formula is C22H16ClNO4S. The molecule has 0 fully saturated rings. The lowest BCUT2D eigenvalue weighted by atomic mass is 9.83. The van der Waals surface area contributed by atoms with E-state index >= 15 is 0 Å². The molecule has 4 rings (SSSR count). The number of benzene rings is 3. The van der Waals surface area contributed by atoms with E-state index in [-0.39, 0.29) is 38.8 Å². The van der Waals surface area contributed by atoms with Gasteiger partial charge in [0.25, 0.3) is 10.0 Å². The Labute approximate surface area is 173 Å². The molecular weight excluding hydrogens is 410 g/mol. The molecule has 0 aliphatic heterocycles. The smallest absolute Gasteiger partial charge is 0.261 e. The minimum atomic E-state index is -3.94. The van der Waals surface area contributed by atoms with Gasteiger partial charge in [-0.3, -0.25) is 14.3 Å². The first kappa shape index (κ1) is 19.4. The average Bonchev–Trinajstić information content (AvgIpc) is 2.72. The van der Waals surface area contributed by atoms with Gasteiger partial charge in [0, 0.05) is 22.6 Å². The van der Waals surface area contributed by atoms with Crippen molar-refractivity contribution >= 4 is 38.9 Å². The van der Waals surface area contributed by atoms with Crippen LogP contribution in [-0.2, 0) is 16.4 Å². The third kappa shape index (κ3) is 3.45. The highest BCUT2D eigenvalue weighted by molar-refractivity contribution is 7.92.